The molecule has 0 aliphatic heterocycles. The molecule has 3 aromatic rings. The number of rotatable bonds is 3. The normalized spacial score (nSPS) is 10.6. The zero-order chi connectivity index (χ0) is 22.8. The predicted octanol–water partition coefficient (Wildman–Crippen LogP) is -1.36. The molecule has 0 aliphatic rings. The first-order valence-electron chi connectivity index (χ1n) is 7.88. The maximum absolute atomic E-state index is 10.4. The molecule has 0 heterocycles. The van der Waals surface area contributed by atoms with Crippen molar-refractivity contribution < 1.29 is 73.9 Å². The van der Waals surface area contributed by atoms with E-state index in [0.29, 0.717) is 0 Å². The Morgan fingerprint density at radius 2 is 0.719 bits per heavy atom. The zero-order valence-corrected chi connectivity index (χ0v) is 21.1. The minimum absolute atomic E-state index is 0. The molecule has 0 saturated heterocycles. The first-order chi connectivity index (χ1) is 13.8. The summed E-state index contributed by atoms with van der Waals surface area (Å²) in [6, 6.07) is 22.0. The van der Waals surface area contributed by atoms with Crippen molar-refractivity contribution in [3.05, 3.63) is 91.0 Å². The molecular formula is C18H19NaO10S3. The molecule has 14 heteroatoms. The quantitative estimate of drug-likeness (QED) is 0.313. The molecule has 0 fully saturated rings. The summed E-state index contributed by atoms with van der Waals surface area (Å²) in [7, 11) is -12.3. The van der Waals surface area contributed by atoms with Crippen LogP contribution in [-0.4, -0.2) is 44.4 Å². The fourth-order valence-electron chi connectivity index (χ4n) is 1.77. The summed E-state index contributed by atoms with van der Waals surface area (Å²) in [5.74, 6) is 0. The molecule has 0 spiro atoms. The van der Waals surface area contributed by atoms with Crippen molar-refractivity contribution in [1.82, 2.24) is 0 Å². The van der Waals surface area contributed by atoms with E-state index < -0.39 is 30.4 Å². The zero-order valence-electron chi connectivity index (χ0n) is 16.6. The van der Waals surface area contributed by atoms with Crippen LogP contribution in [-0.2, 0) is 30.4 Å². The molecule has 0 bridgehead atoms. The van der Waals surface area contributed by atoms with E-state index in [2.05, 4.69) is 0 Å². The Labute approximate surface area is 208 Å². The Morgan fingerprint density at radius 3 is 0.844 bits per heavy atom. The van der Waals surface area contributed by atoms with Crippen LogP contribution < -0.4 is 29.6 Å². The van der Waals surface area contributed by atoms with E-state index in [1.165, 1.54) is 48.5 Å². The summed E-state index contributed by atoms with van der Waals surface area (Å²) in [5.41, 5.74) is 0. The van der Waals surface area contributed by atoms with Gasteiger partial charge >= 0.3 is 29.6 Å². The molecule has 32 heavy (non-hydrogen) atoms. The molecule has 170 valence electrons. The third kappa shape index (κ3) is 13.0. The smallest absolute Gasteiger partial charge is 0.744 e. The van der Waals surface area contributed by atoms with Crippen molar-refractivity contribution in [2.75, 3.05) is 0 Å². The van der Waals surface area contributed by atoms with Gasteiger partial charge in [0.1, 0.15) is 10.1 Å². The first kappa shape index (κ1) is 32.5. The second-order valence-electron chi connectivity index (χ2n) is 5.34. The third-order valence-corrected chi connectivity index (χ3v) is 5.70. The monoisotopic (exact) mass is 514 g/mol. The van der Waals surface area contributed by atoms with Crippen LogP contribution in [0.15, 0.2) is 106 Å². The van der Waals surface area contributed by atoms with Crippen LogP contribution >= 0.6 is 0 Å². The second kappa shape index (κ2) is 14.5. The molecule has 3 aromatic carbocycles. The van der Waals surface area contributed by atoms with Gasteiger partial charge in [0.25, 0.3) is 20.2 Å². The molecular weight excluding hydrogens is 495 g/mol. The summed E-state index contributed by atoms with van der Waals surface area (Å²) < 4.78 is 89.3. The van der Waals surface area contributed by atoms with Gasteiger partial charge in [-0.15, -0.1) is 0 Å². The van der Waals surface area contributed by atoms with Crippen molar-refractivity contribution in [2.45, 2.75) is 14.7 Å². The summed E-state index contributed by atoms with van der Waals surface area (Å²) in [6.07, 6.45) is 0. The van der Waals surface area contributed by atoms with Crippen LogP contribution in [0.4, 0.5) is 0 Å². The minimum atomic E-state index is -4.25. The van der Waals surface area contributed by atoms with E-state index in [1.54, 1.807) is 42.5 Å². The van der Waals surface area contributed by atoms with Crippen molar-refractivity contribution in [2.24, 2.45) is 0 Å². The van der Waals surface area contributed by atoms with E-state index in [-0.39, 0.29) is 49.7 Å². The fourth-order valence-corrected chi connectivity index (χ4v) is 3.26. The Hall–Kier alpha value is -1.65. The fraction of sp³-hybridized carbons (Fsp3) is 0. The van der Waals surface area contributed by atoms with Crippen LogP contribution in [0.3, 0.4) is 0 Å². The summed E-state index contributed by atoms with van der Waals surface area (Å²) in [5, 5.41) is 0. The van der Waals surface area contributed by atoms with Crippen LogP contribution in [0.5, 0.6) is 0 Å². The van der Waals surface area contributed by atoms with Gasteiger partial charge in [-0.2, -0.15) is 16.8 Å². The molecule has 0 saturated carbocycles. The molecule has 0 unspecified atom stereocenters. The van der Waals surface area contributed by atoms with Gasteiger partial charge in [0, 0.05) is 0 Å². The molecule has 0 amide bonds. The SMILES string of the molecule is O.O=S(=O)(O)c1ccccc1.O=S(=O)(O)c1ccccc1.O=S(=O)([O-])c1ccccc1.[Na+]. The Morgan fingerprint density at radius 1 is 0.500 bits per heavy atom. The number of benzene rings is 3. The van der Waals surface area contributed by atoms with Crippen molar-refractivity contribution in [3.63, 3.8) is 0 Å². The second-order valence-corrected chi connectivity index (χ2v) is 9.57. The summed E-state index contributed by atoms with van der Waals surface area (Å²) in [6.45, 7) is 0. The van der Waals surface area contributed by atoms with Gasteiger partial charge in [0.05, 0.1) is 14.7 Å². The average molecular weight is 515 g/mol. The van der Waals surface area contributed by atoms with E-state index in [4.69, 9.17) is 9.11 Å². The van der Waals surface area contributed by atoms with Gasteiger partial charge in [-0.1, -0.05) is 54.6 Å². The van der Waals surface area contributed by atoms with Crippen molar-refractivity contribution in [3.8, 4) is 0 Å². The molecule has 0 radical (unpaired) electrons. The van der Waals surface area contributed by atoms with E-state index in [0.717, 1.165) is 0 Å². The van der Waals surface area contributed by atoms with Gasteiger partial charge in [-0.25, -0.2) is 8.42 Å². The predicted molar refractivity (Wildman–Crippen MR) is 111 cm³/mol. The van der Waals surface area contributed by atoms with E-state index in [1.807, 2.05) is 0 Å². The van der Waals surface area contributed by atoms with E-state index >= 15 is 0 Å². The standard InChI is InChI=1S/3C6H6O3S.Na.H2O/c3*7-10(8,9)6-4-2-1-3-5-6;;/h3*1-5H,(H,7,8,9);;1H2/q;;;+1;/p-1. The molecule has 4 N–H and O–H groups in total. The van der Waals surface area contributed by atoms with Gasteiger partial charge in [0.15, 0.2) is 0 Å². The Kier molecular flexibility index (Phi) is 14.7. The topological polar surface area (TPSA) is 197 Å². The summed E-state index contributed by atoms with van der Waals surface area (Å²) in [4.78, 5) is -0.333. The van der Waals surface area contributed by atoms with Crippen LogP contribution in [0, 0.1) is 0 Å². The van der Waals surface area contributed by atoms with Gasteiger partial charge < -0.3 is 10.0 Å². The number of hydrogen-bond donors (Lipinski definition) is 2. The van der Waals surface area contributed by atoms with Crippen molar-refractivity contribution >= 4 is 30.4 Å². The maximum Gasteiger partial charge on any atom is 1.00 e. The van der Waals surface area contributed by atoms with Crippen LogP contribution in [0.1, 0.15) is 0 Å². The summed E-state index contributed by atoms with van der Waals surface area (Å²) >= 11 is 0. The third-order valence-electron chi connectivity index (χ3n) is 3.11. The van der Waals surface area contributed by atoms with Crippen LogP contribution in [0.2, 0.25) is 0 Å². The van der Waals surface area contributed by atoms with Crippen molar-refractivity contribution in [1.29, 1.82) is 0 Å². The minimum Gasteiger partial charge on any atom is -0.744 e. The van der Waals surface area contributed by atoms with Crippen LogP contribution in [0.25, 0.3) is 0 Å². The molecule has 3 rings (SSSR count). The average Bonchev–Trinajstić information content (AvgIpc) is 2.69. The maximum atomic E-state index is 10.4. The molecule has 0 atom stereocenters. The first-order valence-corrected chi connectivity index (χ1v) is 12.2. The molecule has 10 nitrogen and oxygen atoms in total. The van der Waals surface area contributed by atoms with E-state index in [9.17, 15) is 29.8 Å². The molecule has 0 aromatic heterocycles. The Balaban J connectivity index is 0. The largest absolute Gasteiger partial charge is 1.00 e. The van der Waals surface area contributed by atoms with Gasteiger partial charge in [-0.05, 0) is 36.4 Å². The van der Waals surface area contributed by atoms with Gasteiger partial charge in [-0.3, -0.25) is 9.11 Å². The Bertz CT molecular complexity index is 1070. The molecule has 0 aliphatic carbocycles. The van der Waals surface area contributed by atoms with Gasteiger partial charge in [0.2, 0.25) is 0 Å². The number of hydrogen-bond acceptors (Lipinski definition) is 7.